The fraction of sp³-hybridized carbons (Fsp3) is 0.909. The second kappa shape index (κ2) is 7.65. The molecule has 0 fully saturated rings. The van der Waals surface area contributed by atoms with Crippen LogP contribution in [0.25, 0.3) is 0 Å². The van der Waals surface area contributed by atoms with E-state index in [2.05, 4.69) is 14.1 Å². The van der Waals surface area contributed by atoms with Crippen molar-refractivity contribution in [3.05, 3.63) is 0 Å². The van der Waals surface area contributed by atoms with E-state index in [0.29, 0.717) is 6.42 Å². The third kappa shape index (κ3) is 9.69. The summed E-state index contributed by atoms with van der Waals surface area (Å²) in [7, 11) is 6.07. The first-order valence-corrected chi connectivity index (χ1v) is 5.51. The first kappa shape index (κ1) is 14.4. The van der Waals surface area contributed by atoms with E-state index in [1.165, 1.54) is 0 Å². The lowest BCUT2D eigenvalue weighted by Gasteiger charge is -2.29. The lowest BCUT2D eigenvalue weighted by molar-refractivity contribution is -0.890. The third-order valence-electron chi connectivity index (χ3n) is 2.55. The van der Waals surface area contributed by atoms with E-state index in [1.54, 1.807) is 7.11 Å². The molecule has 0 unspecified atom stereocenters. The molecule has 4 nitrogen and oxygen atoms in total. The fourth-order valence-electron chi connectivity index (χ4n) is 1.44. The van der Waals surface area contributed by atoms with Crippen LogP contribution in [0.3, 0.4) is 0 Å². The molecule has 0 aliphatic rings. The minimum Gasteiger partial charge on any atom is -0.481 e. The maximum absolute atomic E-state index is 10.3. The molecule has 90 valence electrons. The van der Waals surface area contributed by atoms with Gasteiger partial charge in [0.15, 0.2) is 0 Å². The highest BCUT2D eigenvalue weighted by Crippen LogP contribution is 2.05. The normalized spacial score (nSPS) is 11.7. The van der Waals surface area contributed by atoms with Gasteiger partial charge in [-0.3, -0.25) is 4.79 Å². The molecule has 15 heavy (non-hydrogen) atoms. The quantitative estimate of drug-likeness (QED) is 0.469. The summed E-state index contributed by atoms with van der Waals surface area (Å²) in [5, 5.41) is 8.47. The first-order chi connectivity index (χ1) is 6.98. The van der Waals surface area contributed by atoms with E-state index >= 15 is 0 Å². The Morgan fingerprint density at radius 2 is 1.87 bits per heavy atom. The number of hydrogen-bond donors (Lipinski definition) is 1. The van der Waals surface area contributed by atoms with Crippen molar-refractivity contribution < 1.29 is 19.1 Å². The Labute approximate surface area is 92.4 Å². The van der Waals surface area contributed by atoms with Gasteiger partial charge >= 0.3 is 5.97 Å². The van der Waals surface area contributed by atoms with E-state index < -0.39 is 5.97 Å². The van der Waals surface area contributed by atoms with Crippen LogP contribution in [-0.4, -0.2) is 56.5 Å². The smallest absolute Gasteiger partial charge is 0.303 e. The molecule has 0 spiro atoms. The minimum absolute atomic E-state index is 0.297. The number of rotatable bonds is 9. The van der Waals surface area contributed by atoms with Crippen LogP contribution in [0.2, 0.25) is 0 Å². The molecule has 1 N–H and O–H groups in total. The van der Waals surface area contributed by atoms with Crippen LogP contribution in [0.5, 0.6) is 0 Å². The van der Waals surface area contributed by atoms with Gasteiger partial charge in [0.05, 0.1) is 27.2 Å². The predicted molar refractivity (Wildman–Crippen MR) is 59.8 cm³/mol. The summed E-state index contributed by atoms with van der Waals surface area (Å²) in [5.41, 5.74) is 0. The van der Waals surface area contributed by atoms with Crippen molar-refractivity contribution in [2.24, 2.45) is 0 Å². The molecular formula is C11H24NO3+. The van der Waals surface area contributed by atoms with Gasteiger partial charge < -0.3 is 14.3 Å². The lowest BCUT2D eigenvalue weighted by Crippen LogP contribution is -2.42. The van der Waals surface area contributed by atoms with Crippen molar-refractivity contribution >= 4 is 5.97 Å². The molecule has 0 atom stereocenters. The highest BCUT2D eigenvalue weighted by atomic mass is 16.5. The van der Waals surface area contributed by atoms with Gasteiger partial charge in [-0.15, -0.1) is 0 Å². The van der Waals surface area contributed by atoms with Crippen molar-refractivity contribution in [2.75, 3.05) is 40.9 Å². The number of carbonyl (C=O) groups is 1. The Hall–Kier alpha value is -0.610. The largest absolute Gasteiger partial charge is 0.481 e. The second-order valence-electron chi connectivity index (χ2n) is 4.58. The number of hydrogen-bond acceptors (Lipinski definition) is 2. The second-order valence-corrected chi connectivity index (χ2v) is 4.58. The molecule has 0 radical (unpaired) electrons. The summed E-state index contributed by atoms with van der Waals surface area (Å²) in [5.74, 6) is -0.692. The maximum atomic E-state index is 10.3. The van der Waals surface area contributed by atoms with Gasteiger partial charge in [0.1, 0.15) is 6.54 Å². The van der Waals surface area contributed by atoms with Gasteiger partial charge in [0.25, 0.3) is 0 Å². The van der Waals surface area contributed by atoms with Crippen molar-refractivity contribution in [1.82, 2.24) is 0 Å². The third-order valence-corrected chi connectivity index (χ3v) is 2.55. The van der Waals surface area contributed by atoms with E-state index in [-0.39, 0.29) is 0 Å². The summed E-state index contributed by atoms with van der Waals surface area (Å²) in [6.45, 7) is 2.88. The average molecular weight is 218 g/mol. The van der Waals surface area contributed by atoms with Gasteiger partial charge in [-0.2, -0.15) is 0 Å². The molecule has 0 bridgehead atoms. The van der Waals surface area contributed by atoms with E-state index in [4.69, 9.17) is 9.84 Å². The molecule has 0 aromatic rings. The van der Waals surface area contributed by atoms with Crippen molar-refractivity contribution in [3.63, 3.8) is 0 Å². The van der Waals surface area contributed by atoms with Crippen LogP contribution in [-0.2, 0) is 9.53 Å². The van der Waals surface area contributed by atoms with Crippen LogP contribution < -0.4 is 0 Å². The molecule has 4 heteroatoms. The van der Waals surface area contributed by atoms with Crippen LogP contribution in [0, 0.1) is 0 Å². The van der Waals surface area contributed by atoms with Crippen molar-refractivity contribution in [1.29, 1.82) is 0 Å². The highest BCUT2D eigenvalue weighted by Gasteiger charge is 2.13. The van der Waals surface area contributed by atoms with E-state index in [9.17, 15) is 4.79 Å². The first-order valence-electron chi connectivity index (χ1n) is 5.51. The molecular weight excluding hydrogens is 194 g/mol. The summed E-state index contributed by atoms with van der Waals surface area (Å²) in [4.78, 5) is 10.3. The monoisotopic (exact) mass is 218 g/mol. The number of aliphatic carboxylic acids is 1. The number of likely N-dealkylation sites (N-methyl/N-ethyl adjacent to an activating group) is 1. The Morgan fingerprint density at radius 1 is 1.20 bits per heavy atom. The molecule has 0 aliphatic heterocycles. The van der Waals surface area contributed by atoms with Gasteiger partial charge in [-0.1, -0.05) is 0 Å². The Balaban J connectivity index is 3.43. The summed E-state index contributed by atoms with van der Waals surface area (Å²) < 4.78 is 5.99. The Bertz CT molecular complexity index is 181. The molecule has 0 aromatic heterocycles. The number of unbranched alkanes of at least 4 members (excludes halogenated alkanes) is 2. The van der Waals surface area contributed by atoms with Crippen LogP contribution >= 0.6 is 0 Å². The molecule has 0 saturated carbocycles. The number of nitrogens with zero attached hydrogens (tertiary/aromatic N) is 1. The molecule has 0 amide bonds. The van der Waals surface area contributed by atoms with E-state index in [1.807, 2.05) is 0 Å². The SMILES string of the molecule is COCC[N+](C)(C)CCCCCC(=O)O. The number of carboxylic acids is 1. The Kier molecular flexibility index (Phi) is 7.34. The van der Waals surface area contributed by atoms with Crippen molar-refractivity contribution in [3.8, 4) is 0 Å². The predicted octanol–water partition coefficient (Wildman–Crippen LogP) is 1.35. The molecule has 0 rings (SSSR count). The molecule has 0 saturated heterocycles. The van der Waals surface area contributed by atoms with Gasteiger partial charge in [0, 0.05) is 13.5 Å². The van der Waals surface area contributed by atoms with E-state index in [0.717, 1.165) is 43.4 Å². The summed E-state index contributed by atoms with van der Waals surface area (Å²) in [6.07, 6.45) is 3.18. The van der Waals surface area contributed by atoms with Gasteiger partial charge in [-0.25, -0.2) is 0 Å². The van der Waals surface area contributed by atoms with Gasteiger partial charge in [-0.05, 0) is 19.3 Å². The van der Waals surface area contributed by atoms with Gasteiger partial charge in [0.2, 0.25) is 0 Å². The zero-order valence-electron chi connectivity index (χ0n) is 10.2. The highest BCUT2D eigenvalue weighted by molar-refractivity contribution is 5.66. The maximum Gasteiger partial charge on any atom is 0.303 e. The molecule has 0 aliphatic carbocycles. The van der Waals surface area contributed by atoms with Crippen LogP contribution in [0.15, 0.2) is 0 Å². The van der Waals surface area contributed by atoms with Crippen LogP contribution in [0.4, 0.5) is 0 Å². The minimum atomic E-state index is -0.692. The zero-order valence-corrected chi connectivity index (χ0v) is 10.2. The number of quaternary nitrogens is 1. The summed E-state index contributed by atoms with van der Waals surface area (Å²) in [6, 6.07) is 0. The molecule has 0 aromatic carbocycles. The number of carboxylic acid groups (broad SMARTS) is 1. The van der Waals surface area contributed by atoms with Crippen molar-refractivity contribution in [2.45, 2.75) is 25.7 Å². The zero-order chi connectivity index (χ0) is 11.7. The van der Waals surface area contributed by atoms with Crippen LogP contribution in [0.1, 0.15) is 25.7 Å². The summed E-state index contributed by atoms with van der Waals surface area (Å²) >= 11 is 0. The standard InChI is InChI=1S/C11H23NO3/c1-12(2,9-10-15-3)8-6-4-5-7-11(13)14/h4-10H2,1-3H3/p+1. The molecule has 0 heterocycles. The fourth-order valence-corrected chi connectivity index (χ4v) is 1.44. The topological polar surface area (TPSA) is 46.5 Å². The lowest BCUT2D eigenvalue weighted by atomic mass is 10.2. The number of methoxy groups -OCH3 is 1. The Morgan fingerprint density at radius 3 is 2.40 bits per heavy atom. The number of ether oxygens (including phenoxy) is 1. The average Bonchev–Trinajstić information content (AvgIpc) is 2.14.